The smallest absolute Gasteiger partial charge is 0.335 e. The quantitative estimate of drug-likeness (QED) is 0.0217. The van der Waals surface area contributed by atoms with Crippen LogP contribution in [-0.4, -0.2) is 197 Å². The summed E-state index contributed by atoms with van der Waals surface area (Å²) in [5, 5.41) is -0.319. The van der Waals surface area contributed by atoms with Crippen LogP contribution >= 0.6 is 0 Å². The van der Waals surface area contributed by atoms with Gasteiger partial charge in [0.1, 0.15) is 47.1 Å². The summed E-state index contributed by atoms with van der Waals surface area (Å²) in [6, 6.07) is 8.35. The van der Waals surface area contributed by atoms with Gasteiger partial charge in [-0.25, -0.2) is 46.9 Å². The first-order valence-electron chi connectivity index (χ1n) is 27.1. The Labute approximate surface area is 509 Å². The van der Waals surface area contributed by atoms with E-state index in [0.717, 1.165) is 12.1 Å². The topological polar surface area (TPSA) is 411 Å². The molecule has 482 valence electrons. The summed E-state index contributed by atoms with van der Waals surface area (Å²) in [5.41, 5.74) is -0.928. The molecule has 4 aromatic rings. The third kappa shape index (κ3) is 16.3. The summed E-state index contributed by atoms with van der Waals surface area (Å²) in [6.07, 6.45) is 6.85. The third-order valence-electron chi connectivity index (χ3n) is 15.0. The molecule has 0 saturated carbocycles. The molecule has 0 spiro atoms. The monoisotopic (exact) mass is 1330 g/mol. The van der Waals surface area contributed by atoms with Gasteiger partial charge in [-0.05, 0) is 97.3 Å². The minimum absolute atomic E-state index is 0.0384. The molecule has 2 amide bonds. The first-order valence-corrected chi connectivity index (χ1v) is 34.3. The van der Waals surface area contributed by atoms with Crippen molar-refractivity contribution in [1.29, 1.82) is 0 Å². The number of allylic oxidation sites excluding steroid dienone is 6. The van der Waals surface area contributed by atoms with Gasteiger partial charge < -0.3 is 60.9 Å². The van der Waals surface area contributed by atoms with Crippen molar-refractivity contribution < 1.29 is 117 Å². The number of hydroxylamine groups is 2. The van der Waals surface area contributed by atoms with Crippen molar-refractivity contribution in [2.75, 3.05) is 104 Å². The lowest BCUT2D eigenvalue weighted by Crippen LogP contribution is -2.33. The van der Waals surface area contributed by atoms with Crippen molar-refractivity contribution in [2.24, 2.45) is 0 Å². The molecule has 3 heterocycles. The molecule has 4 aromatic carbocycles. The number of rotatable bonds is 33. The van der Waals surface area contributed by atoms with Crippen LogP contribution in [0.4, 0.5) is 11.4 Å². The van der Waals surface area contributed by atoms with Crippen molar-refractivity contribution in [3.05, 3.63) is 95.7 Å². The summed E-state index contributed by atoms with van der Waals surface area (Å²) in [6.45, 7) is 4.36. The predicted molar refractivity (Wildman–Crippen MR) is 305 cm³/mol. The molecule has 1 saturated heterocycles. The molecule has 2 unspecified atom stereocenters. The highest BCUT2D eigenvalue weighted by atomic mass is 32.2. The lowest BCUT2D eigenvalue weighted by molar-refractivity contribution is -0.441. The third-order valence-corrected chi connectivity index (χ3v) is 19.1. The average molecular weight is 1330 g/mol. The largest absolute Gasteiger partial charge is 0.748 e. The van der Waals surface area contributed by atoms with E-state index >= 15 is 0 Å². The van der Waals surface area contributed by atoms with Crippen LogP contribution in [0.5, 0.6) is 0 Å². The first-order chi connectivity index (χ1) is 41.3. The van der Waals surface area contributed by atoms with Gasteiger partial charge in [-0.3, -0.25) is 9.59 Å². The van der Waals surface area contributed by atoms with E-state index in [2.05, 4.69) is 0 Å². The molecule has 88 heavy (non-hydrogen) atoms. The maximum atomic E-state index is 12.9. The molecule has 0 radical (unpaired) electrons. The maximum absolute atomic E-state index is 12.9. The van der Waals surface area contributed by atoms with Crippen LogP contribution in [0.2, 0.25) is 0 Å². The number of imide groups is 1. The second-order valence-corrected chi connectivity index (χ2v) is 27.7. The van der Waals surface area contributed by atoms with Crippen LogP contribution in [-0.2, 0) is 109 Å². The van der Waals surface area contributed by atoms with Gasteiger partial charge in [0.15, 0.2) is 12.3 Å². The Hall–Kier alpha value is -5.99. The molecular weight excluding hydrogens is 1260 g/mol. The van der Waals surface area contributed by atoms with E-state index < -0.39 is 111 Å². The van der Waals surface area contributed by atoms with Crippen LogP contribution in [0.3, 0.4) is 0 Å². The van der Waals surface area contributed by atoms with E-state index in [-0.39, 0.29) is 131 Å². The van der Waals surface area contributed by atoms with E-state index in [1.54, 1.807) is 53.7 Å². The number of benzene rings is 4. The Morgan fingerprint density at radius 1 is 0.591 bits per heavy atom. The standard InChI is InChI=1S/C55H67N3O25S5/c1-54(18-8-32-84(62,63)64)47(56(20-24-77-3)43-13-11-39-41(52(43)54)33-37(85(65,66)67)35-45(39)87(71,72)73)9-6-5-7-10-48-55(2,19-23-80-28-29-82-31-30-81-27-26-78-4)53-42-34-38(86(68,69)70)36-46(88(74,75)76)40(42)12-14-44(53)57(48)21-25-79-22-17-51(61)83-58-49(59)15-16-50(58)60/h5-7,9-14,33-36H,8,15-32H2,1-4H3,(H4-,62,63,64,65,66,67,68,69,70,71,72,73,74,75,76)/p-4. The SMILES string of the molecule is COCCOCCOCCOCCC1(C)\C(=C/C=C/C=C/C2=[N+](CCOC)c3ccc4c(S(=O)(=O)[O-])cc(S(=O)(=O)[O-])cc4c3C2(C)CCCS(=O)(=O)[O-])N(CCOCCC(=O)ON2C(=O)CCC2=O)c2ccc3c(S(=O)(=O)[O-])cc(S(=O)(=O)[O-])cc3c21. The minimum Gasteiger partial charge on any atom is -0.748 e. The van der Waals surface area contributed by atoms with Gasteiger partial charge in [0.25, 0.3) is 11.8 Å². The number of hydrogen-bond donors (Lipinski definition) is 0. The molecule has 0 aliphatic carbocycles. The van der Waals surface area contributed by atoms with Gasteiger partial charge in [-0.1, -0.05) is 24.3 Å². The number of hydrogen-bond acceptors (Lipinski definition) is 26. The van der Waals surface area contributed by atoms with E-state index in [1.165, 1.54) is 38.5 Å². The Morgan fingerprint density at radius 3 is 1.67 bits per heavy atom. The Bertz CT molecular complexity index is 4060. The van der Waals surface area contributed by atoms with E-state index in [9.17, 15) is 79.2 Å². The van der Waals surface area contributed by atoms with E-state index in [0.29, 0.717) is 53.2 Å². The Balaban J connectivity index is 1.34. The van der Waals surface area contributed by atoms with Gasteiger partial charge in [-0.15, -0.1) is 5.06 Å². The Kier molecular flexibility index (Phi) is 22.5. The molecular formula is C55H63N3O25S5-4. The number of methoxy groups -OCH3 is 2. The number of fused-ring (bicyclic) bond motifs is 6. The summed E-state index contributed by atoms with van der Waals surface area (Å²) in [7, 11) is -23.6. The minimum atomic E-state index is -5.45. The number of carbonyl (C=O) groups excluding carboxylic acids is 3. The second-order valence-electron chi connectivity index (χ2n) is 20.8. The van der Waals surface area contributed by atoms with Gasteiger partial charge in [0, 0.05) is 85.9 Å². The molecule has 33 heteroatoms. The van der Waals surface area contributed by atoms with Crippen molar-refractivity contribution in [3.8, 4) is 0 Å². The highest BCUT2D eigenvalue weighted by Gasteiger charge is 2.49. The summed E-state index contributed by atoms with van der Waals surface area (Å²) < 4.78 is 223. The molecule has 3 aliphatic heterocycles. The molecule has 1 fully saturated rings. The molecule has 2 atom stereocenters. The Morgan fingerprint density at radius 2 is 1.12 bits per heavy atom. The molecule has 3 aliphatic rings. The zero-order valence-electron chi connectivity index (χ0n) is 48.0. The van der Waals surface area contributed by atoms with Crippen molar-refractivity contribution in [1.82, 2.24) is 5.06 Å². The molecule has 7 rings (SSSR count). The second kappa shape index (κ2) is 28.5. The molecule has 0 bridgehead atoms. The number of carbonyl (C=O) groups is 3. The molecule has 0 N–H and O–H groups in total. The first kappa shape index (κ1) is 69.5. The van der Waals surface area contributed by atoms with E-state index in [1.807, 2.05) is 0 Å². The van der Waals surface area contributed by atoms with Gasteiger partial charge in [-0.2, -0.15) is 4.58 Å². The molecule has 0 aromatic heterocycles. The van der Waals surface area contributed by atoms with Crippen LogP contribution in [0, 0.1) is 0 Å². The zero-order chi connectivity index (χ0) is 64.6. The van der Waals surface area contributed by atoms with Crippen molar-refractivity contribution >= 4 is 107 Å². The predicted octanol–water partition coefficient (Wildman–Crippen LogP) is 2.81. The van der Waals surface area contributed by atoms with Crippen molar-refractivity contribution in [2.45, 2.75) is 82.8 Å². The average Bonchev–Trinajstić information content (AvgIpc) is 2.06. The lowest BCUT2D eigenvalue weighted by atomic mass is 9.74. The maximum Gasteiger partial charge on any atom is 0.335 e. The fourth-order valence-corrected chi connectivity index (χ4v) is 14.1. The fraction of sp³-hybridized carbons (Fsp3) is 0.455. The normalized spacial score (nSPS) is 19.0. The molecule has 28 nitrogen and oxygen atoms in total. The van der Waals surface area contributed by atoms with Crippen molar-refractivity contribution in [3.63, 3.8) is 0 Å². The highest BCUT2D eigenvalue weighted by Crippen LogP contribution is 2.54. The number of amides is 2. The van der Waals surface area contributed by atoms with Gasteiger partial charge in [0.2, 0.25) is 5.69 Å². The zero-order valence-corrected chi connectivity index (χ0v) is 52.1. The van der Waals surface area contributed by atoms with Crippen LogP contribution in [0.25, 0.3) is 21.5 Å². The number of anilines is 1. The highest BCUT2D eigenvalue weighted by molar-refractivity contribution is 7.87. The number of ether oxygens (including phenoxy) is 6. The van der Waals surface area contributed by atoms with E-state index in [4.69, 9.17) is 33.3 Å². The summed E-state index contributed by atoms with van der Waals surface area (Å²) in [4.78, 5) is 39.4. The van der Waals surface area contributed by atoms with Crippen LogP contribution in [0.15, 0.2) is 104 Å². The lowest BCUT2D eigenvalue weighted by Gasteiger charge is -2.31. The fourth-order valence-electron chi connectivity index (χ4n) is 11.0. The van der Waals surface area contributed by atoms with Gasteiger partial charge in [0.05, 0.1) is 94.4 Å². The van der Waals surface area contributed by atoms with Crippen LogP contribution < -0.4 is 4.90 Å². The van der Waals surface area contributed by atoms with Gasteiger partial charge >= 0.3 is 5.97 Å². The number of nitrogens with zero attached hydrogens (tertiary/aromatic N) is 3. The van der Waals surface area contributed by atoms with Crippen LogP contribution in [0.1, 0.15) is 63.5 Å². The summed E-state index contributed by atoms with van der Waals surface area (Å²) >= 11 is 0. The summed E-state index contributed by atoms with van der Waals surface area (Å²) in [5.74, 6) is -3.18.